The molecule has 7 heteroatoms. The lowest BCUT2D eigenvalue weighted by molar-refractivity contribution is 0.0946. The fourth-order valence-electron chi connectivity index (χ4n) is 1.23. The second-order valence-electron chi connectivity index (χ2n) is 3.18. The van der Waals surface area contributed by atoms with Gasteiger partial charge in [0, 0.05) is 17.8 Å². The van der Waals surface area contributed by atoms with E-state index in [1.807, 2.05) is 5.38 Å². The van der Waals surface area contributed by atoms with Crippen molar-refractivity contribution in [3.8, 4) is 0 Å². The van der Waals surface area contributed by atoms with Crippen LogP contribution in [0.2, 0.25) is 0 Å². The van der Waals surface area contributed by atoms with Gasteiger partial charge >= 0.3 is 0 Å². The van der Waals surface area contributed by atoms with Crippen LogP contribution in [0.1, 0.15) is 15.5 Å². The maximum atomic E-state index is 11.7. The number of amides is 1. The van der Waals surface area contributed by atoms with E-state index in [2.05, 4.69) is 20.7 Å². The quantitative estimate of drug-likeness (QED) is 0.549. The molecule has 0 spiro atoms. The van der Waals surface area contributed by atoms with Crippen LogP contribution in [0.5, 0.6) is 0 Å². The maximum absolute atomic E-state index is 11.7. The zero-order chi connectivity index (χ0) is 12.1. The van der Waals surface area contributed by atoms with Crippen molar-refractivity contribution < 1.29 is 4.79 Å². The van der Waals surface area contributed by atoms with Crippen molar-refractivity contribution in [3.63, 3.8) is 0 Å². The van der Waals surface area contributed by atoms with Crippen LogP contribution < -0.4 is 16.6 Å². The Balaban J connectivity index is 1.99. The number of nitrogens with one attached hydrogen (secondary N) is 2. The Labute approximate surface area is 102 Å². The van der Waals surface area contributed by atoms with E-state index in [9.17, 15) is 4.79 Å². The van der Waals surface area contributed by atoms with E-state index in [1.165, 1.54) is 17.5 Å². The summed E-state index contributed by atoms with van der Waals surface area (Å²) in [5.74, 6) is 5.00. The number of aromatic nitrogens is 2. The fraction of sp³-hybridized carbons (Fsp3) is 0.100. The molecule has 0 aromatic carbocycles. The van der Waals surface area contributed by atoms with Crippen molar-refractivity contribution in [1.29, 1.82) is 0 Å². The normalized spacial score (nSPS) is 9.94. The van der Waals surface area contributed by atoms with Gasteiger partial charge in [-0.2, -0.15) is 0 Å². The highest BCUT2D eigenvalue weighted by Gasteiger charge is 2.07. The number of thiazole rings is 1. The number of rotatable bonds is 4. The molecule has 2 aromatic rings. The molecule has 1 amide bonds. The van der Waals surface area contributed by atoms with Gasteiger partial charge in [-0.05, 0) is 12.1 Å². The molecular weight excluding hydrogens is 238 g/mol. The molecule has 0 saturated heterocycles. The van der Waals surface area contributed by atoms with Gasteiger partial charge in [0.15, 0.2) is 0 Å². The number of hydrogen-bond donors (Lipinski definition) is 3. The molecule has 0 radical (unpaired) electrons. The van der Waals surface area contributed by atoms with E-state index in [1.54, 1.807) is 18.3 Å². The Bertz CT molecular complexity index is 499. The van der Waals surface area contributed by atoms with Crippen molar-refractivity contribution in [2.75, 3.05) is 5.43 Å². The average molecular weight is 249 g/mol. The number of carbonyl (C=O) groups is 1. The average Bonchev–Trinajstić information content (AvgIpc) is 2.89. The summed E-state index contributed by atoms with van der Waals surface area (Å²) in [5.41, 5.74) is 3.42. The van der Waals surface area contributed by atoms with Crippen LogP contribution in [0.25, 0.3) is 0 Å². The largest absolute Gasteiger partial charge is 0.344 e. The first-order valence-corrected chi connectivity index (χ1v) is 5.77. The number of carbonyl (C=O) groups excluding carboxylic acids is 1. The van der Waals surface area contributed by atoms with Gasteiger partial charge < -0.3 is 10.7 Å². The molecule has 0 aliphatic carbocycles. The molecule has 0 atom stereocenters. The van der Waals surface area contributed by atoms with Gasteiger partial charge in [-0.3, -0.25) is 15.6 Å². The summed E-state index contributed by atoms with van der Waals surface area (Å²) in [6.07, 6.45) is 3.22. The van der Waals surface area contributed by atoms with Gasteiger partial charge in [0.1, 0.15) is 10.7 Å². The summed E-state index contributed by atoms with van der Waals surface area (Å²) in [7, 11) is 0. The highest BCUT2D eigenvalue weighted by atomic mass is 32.1. The van der Waals surface area contributed by atoms with Crippen LogP contribution in [0.15, 0.2) is 29.9 Å². The molecule has 0 aliphatic rings. The van der Waals surface area contributed by atoms with Gasteiger partial charge in [0.05, 0.1) is 12.2 Å². The predicted octanol–water partition coefficient (Wildman–Crippen LogP) is 0.754. The molecule has 2 aromatic heterocycles. The van der Waals surface area contributed by atoms with Gasteiger partial charge in [0.25, 0.3) is 5.91 Å². The molecule has 0 fully saturated rings. The minimum atomic E-state index is -0.252. The van der Waals surface area contributed by atoms with E-state index in [0.29, 0.717) is 17.9 Å². The molecule has 4 N–H and O–H groups in total. The highest BCUT2D eigenvalue weighted by molar-refractivity contribution is 7.09. The first kappa shape index (κ1) is 11.5. The van der Waals surface area contributed by atoms with Crippen LogP contribution in [-0.4, -0.2) is 15.9 Å². The SMILES string of the molecule is NNc1ccnc(C(=O)NCc2nccs2)c1. The summed E-state index contributed by atoms with van der Waals surface area (Å²) in [4.78, 5) is 19.8. The number of nitrogen functional groups attached to an aromatic ring is 1. The zero-order valence-corrected chi connectivity index (χ0v) is 9.70. The lowest BCUT2D eigenvalue weighted by atomic mass is 10.3. The number of pyridine rings is 1. The lowest BCUT2D eigenvalue weighted by Gasteiger charge is -2.04. The monoisotopic (exact) mass is 249 g/mol. The number of nitrogens with zero attached hydrogens (tertiary/aromatic N) is 2. The molecule has 0 unspecified atom stereocenters. The Morgan fingerprint density at radius 1 is 1.41 bits per heavy atom. The van der Waals surface area contributed by atoms with Gasteiger partial charge in [0.2, 0.25) is 0 Å². The third kappa shape index (κ3) is 2.99. The predicted molar refractivity (Wildman–Crippen MR) is 65.3 cm³/mol. The van der Waals surface area contributed by atoms with Crippen molar-refractivity contribution >= 4 is 22.9 Å². The first-order valence-electron chi connectivity index (χ1n) is 4.89. The van der Waals surface area contributed by atoms with E-state index < -0.39 is 0 Å². The standard InChI is InChI=1S/C10H11N5OS/c11-15-7-1-2-12-8(5-7)10(16)14-6-9-13-3-4-17-9/h1-5H,6,11H2,(H,12,15)(H,14,16). The van der Waals surface area contributed by atoms with Crippen molar-refractivity contribution in [1.82, 2.24) is 15.3 Å². The molecule has 0 saturated carbocycles. The second kappa shape index (κ2) is 5.37. The third-order valence-electron chi connectivity index (χ3n) is 2.04. The molecule has 2 heterocycles. The molecule has 17 heavy (non-hydrogen) atoms. The molecular formula is C10H11N5OS. The van der Waals surface area contributed by atoms with E-state index in [0.717, 1.165) is 5.01 Å². The van der Waals surface area contributed by atoms with Crippen LogP contribution in [0.3, 0.4) is 0 Å². The topological polar surface area (TPSA) is 92.9 Å². The Morgan fingerprint density at radius 2 is 2.29 bits per heavy atom. The second-order valence-corrected chi connectivity index (χ2v) is 4.16. The molecule has 2 rings (SSSR count). The van der Waals surface area contributed by atoms with E-state index in [-0.39, 0.29) is 5.91 Å². The Kier molecular flexibility index (Phi) is 3.63. The molecule has 6 nitrogen and oxygen atoms in total. The van der Waals surface area contributed by atoms with Crippen LogP contribution in [-0.2, 0) is 6.54 Å². The number of anilines is 1. The van der Waals surface area contributed by atoms with Gasteiger partial charge in [-0.25, -0.2) is 4.98 Å². The zero-order valence-electron chi connectivity index (χ0n) is 8.88. The minimum absolute atomic E-state index is 0.252. The molecule has 88 valence electrons. The fourth-order valence-corrected chi connectivity index (χ4v) is 1.79. The smallest absolute Gasteiger partial charge is 0.270 e. The maximum Gasteiger partial charge on any atom is 0.270 e. The number of nitrogens with two attached hydrogens (primary N) is 1. The molecule has 0 aliphatic heterocycles. The Hall–Kier alpha value is -1.99. The van der Waals surface area contributed by atoms with Crippen LogP contribution in [0, 0.1) is 0 Å². The van der Waals surface area contributed by atoms with Crippen molar-refractivity contribution in [2.24, 2.45) is 5.84 Å². The van der Waals surface area contributed by atoms with Crippen molar-refractivity contribution in [2.45, 2.75) is 6.54 Å². The van der Waals surface area contributed by atoms with Crippen LogP contribution in [0.4, 0.5) is 5.69 Å². The number of hydrogen-bond acceptors (Lipinski definition) is 6. The van der Waals surface area contributed by atoms with Gasteiger partial charge in [-0.1, -0.05) is 0 Å². The summed E-state index contributed by atoms with van der Waals surface area (Å²) in [5, 5.41) is 5.44. The summed E-state index contributed by atoms with van der Waals surface area (Å²) < 4.78 is 0. The summed E-state index contributed by atoms with van der Waals surface area (Å²) in [6, 6.07) is 3.26. The summed E-state index contributed by atoms with van der Waals surface area (Å²) in [6.45, 7) is 0.401. The summed E-state index contributed by atoms with van der Waals surface area (Å²) >= 11 is 1.49. The van der Waals surface area contributed by atoms with Crippen LogP contribution >= 0.6 is 11.3 Å². The van der Waals surface area contributed by atoms with Gasteiger partial charge in [-0.15, -0.1) is 11.3 Å². The van der Waals surface area contributed by atoms with E-state index in [4.69, 9.17) is 5.84 Å². The molecule has 0 bridgehead atoms. The third-order valence-corrected chi connectivity index (χ3v) is 2.82. The number of hydrazine groups is 1. The Morgan fingerprint density at radius 3 is 3.00 bits per heavy atom. The van der Waals surface area contributed by atoms with E-state index >= 15 is 0 Å². The first-order chi connectivity index (χ1) is 8.29. The lowest BCUT2D eigenvalue weighted by Crippen LogP contribution is -2.24. The minimum Gasteiger partial charge on any atom is -0.344 e. The highest BCUT2D eigenvalue weighted by Crippen LogP contribution is 2.07. The van der Waals surface area contributed by atoms with Crippen molar-refractivity contribution in [3.05, 3.63) is 40.6 Å².